The highest BCUT2D eigenvalue weighted by molar-refractivity contribution is 7.91. The number of nitrogens with zero attached hydrogens (tertiary/aromatic N) is 1. The van der Waals surface area contributed by atoms with Crippen molar-refractivity contribution in [1.29, 1.82) is 0 Å². The van der Waals surface area contributed by atoms with Gasteiger partial charge < -0.3 is 5.32 Å². The average molecular weight is 398 g/mol. The van der Waals surface area contributed by atoms with E-state index in [0.717, 1.165) is 28.9 Å². The molecule has 4 rings (SSSR count). The predicted molar refractivity (Wildman–Crippen MR) is 104 cm³/mol. The number of rotatable bonds is 4. The maximum atomic E-state index is 13.5. The monoisotopic (exact) mass is 398 g/mol. The minimum atomic E-state index is -3.80. The summed E-state index contributed by atoms with van der Waals surface area (Å²) in [7, 11) is -3.80. The van der Waals surface area contributed by atoms with Crippen LogP contribution in [0, 0.1) is 5.82 Å². The molecule has 3 aromatic carbocycles. The molecule has 0 saturated carbocycles. The van der Waals surface area contributed by atoms with Crippen LogP contribution in [0.15, 0.2) is 70.5 Å². The number of fused-ring (bicyclic) bond motifs is 1. The van der Waals surface area contributed by atoms with Crippen LogP contribution in [0.5, 0.6) is 0 Å². The van der Waals surface area contributed by atoms with Crippen molar-refractivity contribution in [1.82, 2.24) is 10.2 Å². The van der Waals surface area contributed by atoms with Gasteiger partial charge in [0.1, 0.15) is 5.82 Å². The average Bonchev–Trinajstić information content (AvgIpc) is 2.68. The molecule has 1 aliphatic heterocycles. The van der Waals surface area contributed by atoms with Gasteiger partial charge in [-0.3, -0.25) is 9.69 Å². The van der Waals surface area contributed by atoms with Gasteiger partial charge in [0.05, 0.1) is 16.3 Å². The highest BCUT2D eigenvalue weighted by Crippen LogP contribution is 2.27. The van der Waals surface area contributed by atoms with E-state index in [0.29, 0.717) is 19.6 Å². The molecular weight excluding hydrogens is 379 g/mol. The van der Waals surface area contributed by atoms with Gasteiger partial charge in [0.2, 0.25) is 15.7 Å². The van der Waals surface area contributed by atoms with Gasteiger partial charge in [-0.25, -0.2) is 12.8 Å². The Labute approximate surface area is 162 Å². The van der Waals surface area contributed by atoms with Gasteiger partial charge in [0.25, 0.3) is 0 Å². The Morgan fingerprint density at radius 3 is 2.57 bits per heavy atom. The molecule has 7 heteroatoms. The maximum Gasteiger partial charge on any atom is 0.234 e. The lowest BCUT2D eigenvalue weighted by atomic mass is 10.0. The number of hydrogen-bond donors (Lipinski definition) is 1. The van der Waals surface area contributed by atoms with Gasteiger partial charge in [-0.2, -0.15) is 0 Å². The molecule has 1 N–H and O–H groups in total. The van der Waals surface area contributed by atoms with E-state index in [-0.39, 0.29) is 15.7 Å². The second kappa shape index (κ2) is 7.33. The first-order chi connectivity index (χ1) is 13.4. The fourth-order valence-electron chi connectivity index (χ4n) is 3.47. The maximum absolute atomic E-state index is 13.5. The second-order valence-corrected chi connectivity index (χ2v) is 8.77. The van der Waals surface area contributed by atoms with Crippen LogP contribution in [-0.4, -0.2) is 38.9 Å². The fraction of sp³-hybridized carbons (Fsp3) is 0.190. The SMILES string of the molecule is O=C1CN(Cc2cccc3cc(S(=O)(=O)c4cccc(F)c4)ccc23)CCN1. The topological polar surface area (TPSA) is 66.5 Å². The summed E-state index contributed by atoms with van der Waals surface area (Å²) in [6.45, 7) is 2.36. The Morgan fingerprint density at radius 1 is 1.00 bits per heavy atom. The molecule has 5 nitrogen and oxygen atoms in total. The predicted octanol–water partition coefficient (Wildman–Crippen LogP) is 2.74. The summed E-state index contributed by atoms with van der Waals surface area (Å²) in [5.74, 6) is -0.579. The quantitative estimate of drug-likeness (QED) is 0.734. The van der Waals surface area contributed by atoms with Crippen LogP contribution in [-0.2, 0) is 21.2 Å². The van der Waals surface area contributed by atoms with E-state index < -0.39 is 15.7 Å². The van der Waals surface area contributed by atoms with E-state index in [4.69, 9.17) is 0 Å². The number of carbonyl (C=O) groups excluding carboxylic acids is 1. The molecular formula is C21H19FN2O3S. The smallest absolute Gasteiger partial charge is 0.234 e. The van der Waals surface area contributed by atoms with Crippen LogP contribution in [0.3, 0.4) is 0 Å². The summed E-state index contributed by atoms with van der Waals surface area (Å²) >= 11 is 0. The third-order valence-electron chi connectivity index (χ3n) is 4.87. The van der Waals surface area contributed by atoms with Crippen molar-refractivity contribution in [3.63, 3.8) is 0 Å². The summed E-state index contributed by atoms with van der Waals surface area (Å²) in [6.07, 6.45) is 0. The number of nitrogens with one attached hydrogen (secondary N) is 1. The van der Waals surface area contributed by atoms with Crippen molar-refractivity contribution in [3.05, 3.63) is 72.0 Å². The van der Waals surface area contributed by atoms with E-state index in [1.54, 1.807) is 18.2 Å². The van der Waals surface area contributed by atoms with Crippen LogP contribution in [0.1, 0.15) is 5.56 Å². The highest BCUT2D eigenvalue weighted by Gasteiger charge is 2.20. The summed E-state index contributed by atoms with van der Waals surface area (Å²) in [6, 6.07) is 15.7. The van der Waals surface area contributed by atoms with E-state index in [2.05, 4.69) is 10.2 Å². The third-order valence-corrected chi connectivity index (χ3v) is 6.62. The zero-order chi connectivity index (χ0) is 19.7. The third kappa shape index (κ3) is 3.63. The van der Waals surface area contributed by atoms with Crippen molar-refractivity contribution in [3.8, 4) is 0 Å². The number of amides is 1. The molecule has 0 aliphatic carbocycles. The van der Waals surface area contributed by atoms with E-state index in [9.17, 15) is 17.6 Å². The first kappa shape index (κ1) is 18.6. The molecule has 0 atom stereocenters. The lowest BCUT2D eigenvalue weighted by Crippen LogP contribution is -2.47. The van der Waals surface area contributed by atoms with Crippen molar-refractivity contribution in [2.24, 2.45) is 0 Å². The first-order valence-corrected chi connectivity index (χ1v) is 10.4. The van der Waals surface area contributed by atoms with Crippen LogP contribution >= 0.6 is 0 Å². The molecule has 28 heavy (non-hydrogen) atoms. The van der Waals surface area contributed by atoms with E-state index >= 15 is 0 Å². The number of piperazine rings is 1. The molecule has 1 fully saturated rings. The number of benzene rings is 3. The van der Waals surface area contributed by atoms with E-state index in [1.807, 2.05) is 18.2 Å². The van der Waals surface area contributed by atoms with Crippen molar-refractivity contribution in [2.75, 3.05) is 19.6 Å². The number of halogens is 1. The fourth-order valence-corrected chi connectivity index (χ4v) is 4.80. The lowest BCUT2D eigenvalue weighted by molar-refractivity contribution is -0.124. The minimum absolute atomic E-state index is 0.00922. The number of carbonyl (C=O) groups is 1. The largest absolute Gasteiger partial charge is 0.354 e. The lowest BCUT2D eigenvalue weighted by Gasteiger charge is -2.26. The van der Waals surface area contributed by atoms with Crippen LogP contribution < -0.4 is 5.32 Å². The minimum Gasteiger partial charge on any atom is -0.354 e. The Kier molecular flexibility index (Phi) is 4.87. The van der Waals surface area contributed by atoms with Gasteiger partial charge in [0, 0.05) is 19.6 Å². The Morgan fingerprint density at radius 2 is 1.79 bits per heavy atom. The summed E-state index contributed by atoms with van der Waals surface area (Å²) in [4.78, 5) is 13.7. The van der Waals surface area contributed by atoms with Crippen molar-refractivity contribution < 1.29 is 17.6 Å². The van der Waals surface area contributed by atoms with Gasteiger partial charge in [0.15, 0.2) is 0 Å². The van der Waals surface area contributed by atoms with Crippen LogP contribution in [0.2, 0.25) is 0 Å². The normalized spacial score (nSPS) is 15.5. The second-order valence-electron chi connectivity index (χ2n) is 6.82. The molecule has 0 bridgehead atoms. The van der Waals surface area contributed by atoms with E-state index in [1.165, 1.54) is 18.2 Å². The molecule has 0 aromatic heterocycles. The van der Waals surface area contributed by atoms with Gasteiger partial charge in [-0.05, 0) is 46.7 Å². The highest BCUT2D eigenvalue weighted by atomic mass is 32.2. The molecule has 3 aromatic rings. The standard InChI is InChI=1S/C21H19FN2O3S/c22-17-5-2-6-18(12-17)28(26,27)19-7-8-20-15(11-19)3-1-4-16(20)13-24-10-9-23-21(25)14-24/h1-8,11-12H,9-10,13-14H2,(H,23,25). The molecule has 1 amide bonds. The molecule has 1 aliphatic rings. The summed E-state index contributed by atoms with van der Waals surface area (Å²) in [5, 5.41) is 4.53. The number of hydrogen-bond acceptors (Lipinski definition) is 4. The molecule has 1 heterocycles. The zero-order valence-electron chi connectivity index (χ0n) is 15.1. The van der Waals surface area contributed by atoms with Crippen LogP contribution in [0.25, 0.3) is 10.8 Å². The Hall–Kier alpha value is -2.77. The molecule has 144 valence electrons. The van der Waals surface area contributed by atoms with Crippen molar-refractivity contribution >= 4 is 26.5 Å². The van der Waals surface area contributed by atoms with Gasteiger partial charge >= 0.3 is 0 Å². The van der Waals surface area contributed by atoms with Gasteiger partial charge in [-0.1, -0.05) is 30.3 Å². The summed E-state index contributed by atoms with van der Waals surface area (Å²) < 4.78 is 39.2. The first-order valence-electron chi connectivity index (χ1n) is 8.95. The van der Waals surface area contributed by atoms with Crippen LogP contribution in [0.4, 0.5) is 4.39 Å². The van der Waals surface area contributed by atoms with Gasteiger partial charge in [-0.15, -0.1) is 0 Å². The number of sulfone groups is 1. The zero-order valence-corrected chi connectivity index (χ0v) is 15.9. The molecule has 0 unspecified atom stereocenters. The van der Waals surface area contributed by atoms with Crippen molar-refractivity contribution in [2.45, 2.75) is 16.3 Å². The Balaban J connectivity index is 1.69. The molecule has 1 saturated heterocycles. The Bertz CT molecular complexity index is 1160. The summed E-state index contributed by atoms with van der Waals surface area (Å²) in [5.41, 5.74) is 1.03. The molecule has 0 radical (unpaired) electrons. The molecule has 0 spiro atoms.